The minimum absolute atomic E-state index is 0.255. The Labute approximate surface area is 216 Å². The number of aryl methyl sites for hydroxylation is 3. The van der Waals surface area contributed by atoms with Gasteiger partial charge in [-0.25, -0.2) is 4.98 Å². The molecule has 3 aromatic rings. The van der Waals surface area contributed by atoms with Crippen LogP contribution in [0.1, 0.15) is 82.5 Å². The Balaban J connectivity index is 1.19. The number of para-hydroxylation sites is 2. The van der Waals surface area contributed by atoms with Crippen LogP contribution in [0.3, 0.4) is 0 Å². The number of amides is 1. The van der Waals surface area contributed by atoms with Crippen LogP contribution in [-0.4, -0.2) is 28.6 Å². The van der Waals surface area contributed by atoms with Crippen LogP contribution in [0.15, 0.2) is 48.5 Å². The lowest BCUT2D eigenvalue weighted by molar-refractivity contribution is -0.125. The number of aromatic nitrogens is 2. The Kier molecular flexibility index (Phi) is 10.2. The van der Waals surface area contributed by atoms with E-state index in [0.717, 1.165) is 88.8 Å². The third-order valence-electron chi connectivity index (χ3n) is 7.46. The predicted molar refractivity (Wildman–Crippen MR) is 147 cm³/mol. The summed E-state index contributed by atoms with van der Waals surface area (Å²) in [4.78, 5) is 17.3. The lowest BCUT2D eigenvalue weighted by Crippen LogP contribution is -2.32. The highest BCUT2D eigenvalue weighted by molar-refractivity contribution is 5.78. The van der Waals surface area contributed by atoms with Gasteiger partial charge in [0.25, 0.3) is 0 Å². The smallest absolute Gasteiger partial charge is 0.223 e. The number of benzene rings is 2. The van der Waals surface area contributed by atoms with Crippen LogP contribution in [-0.2, 0) is 24.2 Å². The predicted octanol–water partition coefficient (Wildman–Crippen LogP) is 6.87. The highest BCUT2D eigenvalue weighted by atomic mass is 16.5. The normalized spacial score (nSPS) is 14.2. The lowest BCUT2D eigenvalue weighted by Gasteiger charge is -2.20. The first-order valence-electron chi connectivity index (χ1n) is 14.2. The van der Waals surface area contributed by atoms with Gasteiger partial charge in [-0.1, -0.05) is 56.9 Å². The van der Waals surface area contributed by atoms with Crippen molar-refractivity contribution >= 4 is 16.9 Å². The summed E-state index contributed by atoms with van der Waals surface area (Å²) in [5.41, 5.74) is 3.65. The Bertz CT molecular complexity index is 1070. The summed E-state index contributed by atoms with van der Waals surface area (Å²) in [6.07, 6.45) is 13.2. The van der Waals surface area contributed by atoms with Gasteiger partial charge in [0, 0.05) is 25.4 Å². The summed E-state index contributed by atoms with van der Waals surface area (Å²) >= 11 is 0. The van der Waals surface area contributed by atoms with Crippen LogP contribution in [0.4, 0.5) is 0 Å². The van der Waals surface area contributed by atoms with Crippen molar-refractivity contribution < 1.29 is 9.53 Å². The van der Waals surface area contributed by atoms with Gasteiger partial charge in [0.2, 0.25) is 5.91 Å². The van der Waals surface area contributed by atoms with Crippen LogP contribution in [0.2, 0.25) is 0 Å². The first-order valence-corrected chi connectivity index (χ1v) is 14.2. The molecule has 0 saturated heterocycles. The zero-order valence-corrected chi connectivity index (χ0v) is 22.0. The molecule has 0 spiro atoms. The summed E-state index contributed by atoms with van der Waals surface area (Å²) in [6, 6.07) is 16.9. The minimum Gasteiger partial charge on any atom is -0.494 e. The Morgan fingerprint density at radius 3 is 2.58 bits per heavy atom. The maximum Gasteiger partial charge on any atom is 0.223 e. The van der Waals surface area contributed by atoms with Gasteiger partial charge >= 0.3 is 0 Å². The average Bonchev–Trinajstić information content (AvgIpc) is 3.28. The Morgan fingerprint density at radius 2 is 1.78 bits per heavy atom. The van der Waals surface area contributed by atoms with Gasteiger partial charge in [-0.15, -0.1) is 0 Å². The monoisotopic (exact) mass is 489 g/mol. The largest absolute Gasteiger partial charge is 0.494 e. The molecule has 1 N–H and O–H groups in total. The first kappa shape index (κ1) is 26.2. The van der Waals surface area contributed by atoms with Crippen LogP contribution < -0.4 is 10.1 Å². The van der Waals surface area contributed by atoms with Crippen molar-refractivity contribution in [2.75, 3.05) is 13.2 Å². The van der Waals surface area contributed by atoms with E-state index in [4.69, 9.17) is 9.72 Å². The van der Waals surface area contributed by atoms with Crippen molar-refractivity contribution in [2.24, 2.45) is 5.92 Å². The van der Waals surface area contributed by atoms with E-state index in [1.807, 2.05) is 0 Å². The number of nitrogens with one attached hydrogen (secondary N) is 1. The summed E-state index contributed by atoms with van der Waals surface area (Å²) in [5, 5.41) is 3.17. The van der Waals surface area contributed by atoms with Crippen LogP contribution >= 0.6 is 0 Å². The van der Waals surface area contributed by atoms with Crippen molar-refractivity contribution in [3.05, 3.63) is 59.9 Å². The van der Waals surface area contributed by atoms with Crippen molar-refractivity contribution in [2.45, 2.75) is 90.5 Å². The second kappa shape index (κ2) is 14.1. The van der Waals surface area contributed by atoms with Crippen LogP contribution in [0, 0.1) is 5.92 Å². The third kappa shape index (κ3) is 7.59. The van der Waals surface area contributed by atoms with Gasteiger partial charge in [-0.2, -0.15) is 0 Å². The number of hydrogen-bond donors (Lipinski definition) is 1. The molecule has 0 radical (unpaired) electrons. The molecule has 5 heteroatoms. The highest BCUT2D eigenvalue weighted by Gasteiger charge is 2.20. The van der Waals surface area contributed by atoms with Gasteiger partial charge in [0.15, 0.2) is 0 Å². The number of fused-ring (bicyclic) bond motifs is 1. The zero-order valence-electron chi connectivity index (χ0n) is 22.0. The molecule has 36 heavy (non-hydrogen) atoms. The number of hydrogen-bond acceptors (Lipinski definition) is 3. The molecule has 4 rings (SSSR count). The zero-order chi connectivity index (χ0) is 25.0. The van der Waals surface area contributed by atoms with E-state index < -0.39 is 0 Å². The molecule has 1 aromatic heterocycles. The maximum atomic E-state index is 12.3. The lowest BCUT2D eigenvalue weighted by atomic mass is 9.89. The SMILES string of the molecule is CCc1ccc(OCCCCn2c(CCCCCNC(=O)C3CCCCC3)nc3ccccc32)cc1. The molecular formula is C31H43N3O2. The second-order valence-corrected chi connectivity index (χ2v) is 10.2. The fraction of sp³-hybridized carbons (Fsp3) is 0.548. The molecule has 1 aliphatic rings. The van der Waals surface area contributed by atoms with Gasteiger partial charge in [-0.05, 0) is 74.8 Å². The molecular weight excluding hydrogens is 446 g/mol. The van der Waals surface area contributed by atoms with Gasteiger partial charge < -0.3 is 14.6 Å². The molecule has 5 nitrogen and oxygen atoms in total. The Hall–Kier alpha value is -2.82. The molecule has 1 heterocycles. The summed E-state index contributed by atoms with van der Waals surface area (Å²) in [5.74, 6) is 2.67. The number of carbonyl (C=O) groups is 1. The van der Waals surface area contributed by atoms with Crippen molar-refractivity contribution in [1.82, 2.24) is 14.9 Å². The molecule has 1 aliphatic carbocycles. The van der Waals surface area contributed by atoms with E-state index >= 15 is 0 Å². The second-order valence-electron chi connectivity index (χ2n) is 10.2. The number of ether oxygens (including phenoxy) is 1. The average molecular weight is 490 g/mol. The van der Waals surface area contributed by atoms with E-state index in [9.17, 15) is 4.79 Å². The summed E-state index contributed by atoms with van der Waals surface area (Å²) in [6.45, 7) is 4.67. The number of rotatable bonds is 14. The van der Waals surface area contributed by atoms with E-state index in [-0.39, 0.29) is 11.8 Å². The van der Waals surface area contributed by atoms with Gasteiger partial charge in [0.1, 0.15) is 11.6 Å². The van der Waals surface area contributed by atoms with Gasteiger partial charge in [0.05, 0.1) is 17.6 Å². The minimum atomic E-state index is 0.255. The third-order valence-corrected chi connectivity index (χ3v) is 7.46. The van der Waals surface area contributed by atoms with E-state index in [1.54, 1.807) is 0 Å². The summed E-state index contributed by atoms with van der Waals surface area (Å²) < 4.78 is 8.34. The molecule has 194 valence electrons. The van der Waals surface area contributed by atoms with Gasteiger partial charge in [-0.3, -0.25) is 4.79 Å². The molecule has 0 unspecified atom stereocenters. The van der Waals surface area contributed by atoms with Crippen LogP contribution in [0.25, 0.3) is 11.0 Å². The fourth-order valence-corrected chi connectivity index (χ4v) is 5.25. The molecule has 0 atom stereocenters. The van der Waals surface area contributed by atoms with Crippen molar-refractivity contribution in [3.8, 4) is 5.75 Å². The quantitative estimate of drug-likeness (QED) is 0.251. The maximum absolute atomic E-state index is 12.3. The van der Waals surface area contributed by atoms with Crippen molar-refractivity contribution in [3.63, 3.8) is 0 Å². The van der Waals surface area contributed by atoms with E-state index in [1.165, 1.54) is 36.2 Å². The number of unbranched alkanes of at least 4 members (excludes halogenated alkanes) is 3. The molecule has 0 aliphatic heterocycles. The molecule has 0 bridgehead atoms. The molecule has 1 saturated carbocycles. The number of carbonyl (C=O) groups excluding carboxylic acids is 1. The molecule has 1 amide bonds. The molecule has 1 fully saturated rings. The topological polar surface area (TPSA) is 56.1 Å². The standard InChI is InChI=1S/C31H43N3O2/c1-2-25-18-20-27(21-19-25)36-24-12-11-23-34-29-16-9-8-15-28(29)33-30(34)17-7-4-10-22-32-31(35)26-13-5-3-6-14-26/h8-9,15-16,18-21,26H,2-7,10-14,17,22-24H2,1H3,(H,32,35). The number of imidazole rings is 1. The van der Waals surface area contributed by atoms with E-state index in [0.29, 0.717) is 0 Å². The Morgan fingerprint density at radius 1 is 0.972 bits per heavy atom. The fourth-order valence-electron chi connectivity index (χ4n) is 5.25. The van der Waals surface area contributed by atoms with Crippen molar-refractivity contribution in [1.29, 1.82) is 0 Å². The van der Waals surface area contributed by atoms with Crippen LogP contribution in [0.5, 0.6) is 5.75 Å². The number of nitrogens with zero attached hydrogens (tertiary/aromatic N) is 2. The summed E-state index contributed by atoms with van der Waals surface area (Å²) in [7, 11) is 0. The highest BCUT2D eigenvalue weighted by Crippen LogP contribution is 2.23. The molecule has 2 aromatic carbocycles. The first-order chi connectivity index (χ1) is 17.7. The van der Waals surface area contributed by atoms with E-state index in [2.05, 4.69) is 65.3 Å².